The third-order valence-corrected chi connectivity index (χ3v) is 18.4. The van der Waals surface area contributed by atoms with Crippen LogP contribution in [0.15, 0.2) is 65.7 Å². The molecular weight excluding hydrogens is 1170 g/mol. The smallest absolute Gasteiger partial charge is 0.196 e. The number of thiazole rings is 4. The highest BCUT2D eigenvalue weighted by atomic mass is 32.1. The van der Waals surface area contributed by atoms with Crippen LogP contribution in [0.1, 0.15) is 404 Å². The second kappa shape index (κ2) is 41.0. The van der Waals surface area contributed by atoms with Crippen LogP contribution in [-0.4, -0.2) is 39.9 Å². The number of oxazole rings is 4. The molecule has 0 amide bonds. The van der Waals surface area contributed by atoms with Crippen LogP contribution in [0.4, 0.5) is 0 Å². The Kier molecular flexibility index (Phi) is 37.9. The van der Waals surface area contributed by atoms with Gasteiger partial charge in [-0.05, 0) is 35.5 Å². The number of aromatic nitrogens is 8. The summed E-state index contributed by atoms with van der Waals surface area (Å²) >= 11 is 7.23. The van der Waals surface area contributed by atoms with Crippen molar-refractivity contribution in [3.05, 3.63) is 136 Å². The predicted octanol–water partition coefficient (Wildman–Crippen LogP) is 25.2. The summed E-state index contributed by atoms with van der Waals surface area (Å²) in [6.45, 7) is 68.5. The van der Waals surface area contributed by atoms with Crippen molar-refractivity contribution in [3.63, 3.8) is 0 Å². The highest BCUT2D eigenvalue weighted by Crippen LogP contribution is 2.29. The molecule has 0 atom stereocenters. The first-order chi connectivity index (χ1) is 40.9. The minimum atomic E-state index is 0.391. The highest BCUT2D eigenvalue weighted by molar-refractivity contribution is 7.12. The van der Waals surface area contributed by atoms with Crippen molar-refractivity contribution < 1.29 is 17.7 Å². The van der Waals surface area contributed by atoms with E-state index in [-0.39, 0.29) is 0 Å². The molecule has 8 rings (SSSR count). The molecule has 0 bridgehead atoms. The molecule has 0 unspecified atom stereocenters. The Balaban J connectivity index is 0.000000503. The summed E-state index contributed by atoms with van der Waals surface area (Å²) in [5.74, 6) is 13.4. The molecule has 0 saturated heterocycles. The zero-order valence-electron chi connectivity index (χ0n) is 60.7. The van der Waals surface area contributed by atoms with Gasteiger partial charge in [-0.1, -0.05) is 222 Å². The molecule has 16 heteroatoms. The quantitative estimate of drug-likeness (QED) is 0.0904. The molecular formula is C72H120N8O4S4. The molecule has 0 aromatic carbocycles. The van der Waals surface area contributed by atoms with Gasteiger partial charge in [0.05, 0.1) is 55.2 Å². The van der Waals surface area contributed by atoms with E-state index in [1.807, 2.05) is 47.5 Å². The van der Waals surface area contributed by atoms with Crippen LogP contribution in [0, 0.1) is 0 Å². The summed E-state index contributed by atoms with van der Waals surface area (Å²) in [4.78, 5) is 37.6. The zero-order valence-corrected chi connectivity index (χ0v) is 64.0. The molecule has 8 heterocycles. The lowest BCUT2D eigenvalue weighted by Crippen LogP contribution is -1.90. The van der Waals surface area contributed by atoms with Crippen molar-refractivity contribution in [1.29, 1.82) is 0 Å². The maximum Gasteiger partial charge on any atom is 0.196 e. The maximum absolute atomic E-state index is 5.50. The van der Waals surface area contributed by atoms with E-state index in [0.29, 0.717) is 94.7 Å². The molecule has 0 fully saturated rings. The number of rotatable bonds is 16. The second-order valence-electron chi connectivity index (χ2n) is 27.3. The van der Waals surface area contributed by atoms with Gasteiger partial charge in [0.1, 0.15) is 24.0 Å². The van der Waals surface area contributed by atoms with Gasteiger partial charge in [-0.3, -0.25) is 0 Å². The van der Waals surface area contributed by atoms with Crippen molar-refractivity contribution in [1.82, 2.24) is 39.9 Å². The molecule has 88 heavy (non-hydrogen) atoms. The molecule has 8 aromatic heterocycles. The fourth-order valence-corrected chi connectivity index (χ4v) is 10.5. The topological polar surface area (TPSA) is 156 Å². The standard InChI is InChI=1S/4C9H15NO.4C9H15NS/c2*1-6(2)8-5-11-9(10-8)7(3)4;2*1-6(2)8-5-10-9(11-8)7(3)4;2*1-6(2)8-5-11-9(10-8)7(3)4;2*1-6(2)8-5-10-9(11-8)7(3)4/h8*5-7H,1-4H3. The average Bonchev–Trinajstić information content (AvgIpc) is 4.47. The largest absolute Gasteiger partial charge is 0.448 e. The molecule has 8 aromatic rings. The molecule has 0 spiro atoms. The Hall–Kier alpha value is -4.64. The third kappa shape index (κ3) is 30.4. The number of hydrogen-bond donors (Lipinski definition) is 0. The molecule has 0 aliphatic rings. The SMILES string of the molecule is CC(C)c1cnc(C(C)C)o1.CC(C)c1cnc(C(C)C)o1.CC(C)c1cnc(C(C)C)s1.CC(C)c1cnc(C(C)C)s1.CC(C)c1coc(C(C)C)n1.CC(C)c1coc(C(C)C)n1.CC(C)c1csc(C(C)C)n1.CC(C)c1csc(C(C)C)n1. The number of nitrogens with zero attached hydrogens (tertiary/aromatic N) is 8. The molecule has 496 valence electrons. The van der Waals surface area contributed by atoms with Gasteiger partial charge in [-0.2, -0.15) is 0 Å². The van der Waals surface area contributed by atoms with Crippen LogP contribution in [0.3, 0.4) is 0 Å². The van der Waals surface area contributed by atoms with Crippen LogP contribution in [0.2, 0.25) is 0 Å². The Morgan fingerprint density at radius 2 is 0.545 bits per heavy atom. The minimum absolute atomic E-state index is 0.391. The summed E-state index contributed by atoms with van der Waals surface area (Å²) in [6.07, 6.45) is 11.1. The van der Waals surface area contributed by atoms with E-state index in [0.717, 1.165) is 46.5 Å². The summed E-state index contributed by atoms with van der Waals surface area (Å²) in [5, 5.41) is 9.37. The Morgan fingerprint density at radius 3 is 0.682 bits per heavy atom. The molecule has 0 saturated carbocycles. The van der Waals surface area contributed by atoms with Crippen molar-refractivity contribution in [3.8, 4) is 0 Å². The van der Waals surface area contributed by atoms with Crippen molar-refractivity contribution in [2.45, 2.75) is 316 Å². The summed E-state index contributed by atoms with van der Waals surface area (Å²) in [5.41, 5.74) is 4.57. The van der Waals surface area contributed by atoms with Gasteiger partial charge in [-0.25, -0.2) is 39.9 Å². The molecule has 0 aliphatic carbocycles. The zero-order chi connectivity index (χ0) is 67.4. The van der Waals surface area contributed by atoms with E-state index in [2.05, 4.69) is 272 Å². The van der Waals surface area contributed by atoms with Crippen LogP contribution < -0.4 is 0 Å². The highest BCUT2D eigenvalue weighted by Gasteiger charge is 2.15. The van der Waals surface area contributed by atoms with Gasteiger partial charge in [-0.15, -0.1) is 45.3 Å². The normalized spacial score (nSPS) is 11.5. The Labute approximate surface area is 551 Å². The van der Waals surface area contributed by atoms with Crippen molar-refractivity contribution in [2.24, 2.45) is 0 Å². The van der Waals surface area contributed by atoms with Gasteiger partial charge in [0.2, 0.25) is 0 Å². The first-order valence-corrected chi connectivity index (χ1v) is 35.9. The van der Waals surface area contributed by atoms with Crippen molar-refractivity contribution in [2.75, 3.05) is 0 Å². The lowest BCUT2D eigenvalue weighted by atomic mass is 10.1. The van der Waals surface area contributed by atoms with E-state index in [1.54, 1.807) is 35.2 Å². The average molecular weight is 1290 g/mol. The molecule has 12 nitrogen and oxygen atoms in total. The Morgan fingerprint density at radius 1 is 0.261 bits per heavy atom. The van der Waals surface area contributed by atoms with Gasteiger partial charge in [0.25, 0.3) is 0 Å². The van der Waals surface area contributed by atoms with Gasteiger partial charge in [0.15, 0.2) is 23.6 Å². The van der Waals surface area contributed by atoms with Crippen molar-refractivity contribution >= 4 is 45.3 Å². The lowest BCUT2D eigenvalue weighted by molar-refractivity contribution is 0.422. The van der Waals surface area contributed by atoms with E-state index in [9.17, 15) is 0 Å². The second-order valence-corrected chi connectivity index (χ2v) is 31.3. The van der Waals surface area contributed by atoms with E-state index >= 15 is 0 Å². The fraction of sp³-hybridized carbons (Fsp3) is 0.667. The molecule has 0 N–H and O–H groups in total. The minimum Gasteiger partial charge on any atom is -0.448 e. The van der Waals surface area contributed by atoms with E-state index in [4.69, 9.17) is 17.7 Å². The first kappa shape index (κ1) is 81.4. The van der Waals surface area contributed by atoms with Gasteiger partial charge < -0.3 is 17.7 Å². The van der Waals surface area contributed by atoms with Gasteiger partial charge in [0, 0.05) is 92.1 Å². The van der Waals surface area contributed by atoms with Crippen LogP contribution in [-0.2, 0) is 0 Å². The van der Waals surface area contributed by atoms with Crippen LogP contribution >= 0.6 is 45.3 Å². The monoisotopic (exact) mass is 1290 g/mol. The summed E-state index contributed by atoms with van der Waals surface area (Å²) < 4.78 is 21.5. The Bertz CT molecular complexity index is 2230. The van der Waals surface area contributed by atoms with Crippen LogP contribution in [0.25, 0.3) is 0 Å². The maximum atomic E-state index is 5.50. The van der Waals surface area contributed by atoms with Crippen LogP contribution in [0.5, 0.6) is 0 Å². The number of hydrogen-bond acceptors (Lipinski definition) is 16. The summed E-state index contributed by atoms with van der Waals surface area (Å²) in [7, 11) is 0. The van der Waals surface area contributed by atoms with E-state index in [1.165, 1.54) is 41.2 Å². The van der Waals surface area contributed by atoms with Gasteiger partial charge >= 0.3 is 0 Å². The fourth-order valence-electron chi connectivity index (χ4n) is 6.66. The third-order valence-electron chi connectivity index (χ3n) is 12.9. The molecule has 0 aliphatic heterocycles. The first-order valence-electron chi connectivity index (χ1n) is 32.5. The molecule has 0 radical (unpaired) electrons. The van der Waals surface area contributed by atoms with E-state index < -0.39 is 0 Å². The predicted molar refractivity (Wildman–Crippen MR) is 380 cm³/mol. The lowest BCUT2D eigenvalue weighted by Gasteiger charge is -1.99. The summed E-state index contributed by atoms with van der Waals surface area (Å²) in [6, 6.07) is 0.